The molecule has 0 aliphatic heterocycles. The molecule has 0 saturated carbocycles. The number of rotatable bonds is 3. The van der Waals surface area contributed by atoms with Crippen molar-refractivity contribution in [2.24, 2.45) is 5.92 Å². The Morgan fingerprint density at radius 2 is 1.94 bits per heavy atom. The minimum Gasteiger partial charge on any atom is -0.344 e. The molecular weight excluding hydrogens is 210 g/mol. The zero-order chi connectivity index (χ0) is 12.6. The molecule has 90 valence electrons. The van der Waals surface area contributed by atoms with Gasteiger partial charge >= 0.3 is 0 Å². The summed E-state index contributed by atoms with van der Waals surface area (Å²) in [5.74, 6) is 0.288. The summed E-state index contributed by atoms with van der Waals surface area (Å²) in [4.78, 5) is 12.3. The Kier molecular flexibility index (Phi) is 3.05. The van der Waals surface area contributed by atoms with Crippen LogP contribution in [0.1, 0.15) is 36.8 Å². The highest BCUT2D eigenvalue weighted by Crippen LogP contribution is 2.27. The minimum atomic E-state index is 0.0461. The average molecular weight is 229 g/mol. The fraction of sp³-hybridized carbons (Fsp3) is 0.400. The van der Waals surface area contributed by atoms with Gasteiger partial charge in [-0.3, -0.25) is 4.79 Å². The summed E-state index contributed by atoms with van der Waals surface area (Å²) in [5, 5.41) is 1.09. The van der Waals surface area contributed by atoms with Crippen LogP contribution in [0, 0.1) is 12.8 Å². The van der Waals surface area contributed by atoms with Crippen LogP contribution < -0.4 is 0 Å². The molecule has 2 rings (SSSR count). The number of benzene rings is 1. The predicted molar refractivity (Wildman–Crippen MR) is 71.5 cm³/mol. The maximum Gasteiger partial charge on any atom is 0.167 e. The van der Waals surface area contributed by atoms with E-state index in [1.54, 1.807) is 0 Å². The summed E-state index contributed by atoms with van der Waals surface area (Å²) in [6, 6.07) is 8.16. The van der Waals surface area contributed by atoms with Gasteiger partial charge < -0.3 is 4.57 Å². The van der Waals surface area contributed by atoms with Gasteiger partial charge in [-0.05, 0) is 19.9 Å². The maximum absolute atomic E-state index is 12.3. The van der Waals surface area contributed by atoms with Crippen LogP contribution in [0.5, 0.6) is 0 Å². The number of hydrogen-bond acceptors (Lipinski definition) is 1. The van der Waals surface area contributed by atoms with Crippen LogP contribution in [0.15, 0.2) is 24.3 Å². The molecule has 0 fully saturated rings. The van der Waals surface area contributed by atoms with Crippen molar-refractivity contribution in [2.75, 3.05) is 0 Å². The van der Waals surface area contributed by atoms with Gasteiger partial charge in [-0.2, -0.15) is 0 Å². The van der Waals surface area contributed by atoms with Crippen LogP contribution in [-0.4, -0.2) is 10.4 Å². The Labute approximate surface area is 102 Å². The lowest BCUT2D eigenvalue weighted by Crippen LogP contribution is -2.09. The van der Waals surface area contributed by atoms with Gasteiger partial charge in [0.05, 0.1) is 0 Å². The zero-order valence-electron chi connectivity index (χ0n) is 10.9. The standard InChI is InChI=1S/C15H19NO/c1-5-16-11(4)14(15(17)10(2)3)12-8-6-7-9-13(12)16/h6-10H,5H2,1-4H3. The third-order valence-electron chi connectivity index (χ3n) is 3.32. The molecule has 0 amide bonds. The summed E-state index contributed by atoms with van der Waals surface area (Å²) >= 11 is 0. The van der Waals surface area contributed by atoms with Gasteiger partial charge in [0.15, 0.2) is 5.78 Å². The lowest BCUT2D eigenvalue weighted by Gasteiger charge is -2.06. The van der Waals surface area contributed by atoms with Crippen molar-refractivity contribution in [2.45, 2.75) is 34.2 Å². The predicted octanol–water partition coefficient (Wildman–Crippen LogP) is 3.81. The first-order valence-electron chi connectivity index (χ1n) is 6.20. The number of ketones is 1. The Bertz CT molecular complexity index is 564. The first kappa shape index (κ1) is 11.9. The van der Waals surface area contributed by atoms with E-state index in [2.05, 4.69) is 17.6 Å². The highest BCUT2D eigenvalue weighted by molar-refractivity contribution is 6.10. The van der Waals surface area contributed by atoms with Crippen molar-refractivity contribution in [1.29, 1.82) is 0 Å². The molecule has 2 heteroatoms. The molecule has 0 spiro atoms. The average Bonchev–Trinajstić information content (AvgIpc) is 2.59. The van der Waals surface area contributed by atoms with E-state index in [1.807, 2.05) is 39.0 Å². The van der Waals surface area contributed by atoms with Gasteiger partial charge in [0, 0.05) is 34.6 Å². The van der Waals surface area contributed by atoms with Crippen molar-refractivity contribution in [3.8, 4) is 0 Å². The van der Waals surface area contributed by atoms with Crippen molar-refractivity contribution in [3.05, 3.63) is 35.5 Å². The van der Waals surface area contributed by atoms with E-state index < -0.39 is 0 Å². The van der Waals surface area contributed by atoms with Gasteiger partial charge in [0.25, 0.3) is 0 Å². The van der Waals surface area contributed by atoms with Crippen LogP contribution in [0.3, 0.4) is 0 Å². The van der Waals surface area contributed by atoms with E-state index >= 15 is 0 Å². The normalized spacial score (nSPS) is 11.4. The summed E-state index contributed by atoms with van der Waals surface area (Å²) in [7, 11) is 0. The summed E-state index contributed by atoms with van der Waals surface area (Å²) in [6.07, 6.45) is 0. The highest BCUT2D eigenvalue weighted by atomic mass is 16.1. The minimum absolute atomic E-state index is 0.0461. The second kappa shape index (κ2) is 4.36. The number of carbonyl (C=O) groups excluding carboxylic acids is 1. The lowest BCUT2D eigenvalue weighted by molar-refractivity contribution is 0.0940. The van der Waals surface area contributed by atoms with Crippen LogP contribution >= 0.6 is 0 Å². The van der Waals surface area contributed by atoms with Crippen molar-refractivity contribution in [1.82, 2.24) is 4.57 Å². The Balaban J connectivity index is 2.79. The molecule has 1 aromatic carbocycles. The van der Waals surface area contributed by atoms with Gasteiger partial charge in [0.1, 0.15) is 0 Å². The smallest absolute Gasteiger partial charge is 0.167 e. The largest absolute Gasteiger partial charge is 0.344 e. The molecule has 0 bridgehead atoms. The molecule has 2 aromatic rings. The highest BCUT2D eigenvalue weighted by Gasteiger charge is 2.20. The molecule has 1 heterocycles. The molecule has 0 N–H and O–H groups in total. The van der Waals surface area contributed by atoms with E-state index in [0.717, 1.165) is 28.7 Å². The molecule has 0 saturated heterocycles. The van der Waals surface area contributed by atoms with Crippen molar-refractivity contribution >= 4 is 16.7 Å². The second-order valence-corrected chi connectivity index (χ2v) is 4.74. The SMILES string of the molecule is CCn1c(C)c(C(=O)C(C)C)c2ccccc21. The number of carbonyl (C=O) groups is 1. The number of Topliss-reactive ketones (excluding diaryl/α,β-unsaturated/α-hetero) is 1. The van der Waals surface area contributed by atoms with Gasteiger partial charge in [-0.1, -0.05) is 32.0 Å². The third kappa shape index (κ3) is 1.78. The Morgan fingerprint density at radius 1 is 1.29 bits per heavy atom. The number of para-hydroxylation sites is 1. The van der Waals surface area contributed by atoms with Crippen LogP contribution in [-0.2, 0) is 6.54 Å². The van der Waals surface area contributed by atoms with Crippen molar-refractivity contribution < 1.29 is 4.79 Å². The molecule has 1 aromatic heterocycles. The van der Waals surface area contributed by atoms with Crippen molar-refractivity contribution in [3.63, 3.8) is 0 Å². The second-order valence-electron chi connectivity index (χ2n) is 4.74. The number of aryl methyl sites for hydroxylation is 1. The fourth-order valence-electron chi connectivity index (χ4n) is 2.44. The first-order valence-corrected chi connectivity index (χ1v) is 6.20. The molecule has 17 heavy (non-hydrogen) atoms. The quantitative estimate of drug-likeness (QED) is 0.733. The molecule has 0 aliphatic rings. The molecule has 0 radical (unpaired) electrons. The summed E-state index contributed by atoms with van der Waals surface area (Å²) in [6.45, 7) is 8.97. The van der Waals surface area contributed by atoms with E-state index in [1.165, 1.54) is 0 Å². The van der Waals surface area contributed by atoms with Crippen LogP contribution in [0.4, 0.5) is 0 Å². The molecule has 0 atom stereocenters. The van der Waals surface area contributed by atoms with Gasteiger partial charge in [0.2, 0.25) is 0 Å². The summed E-state index contributed by atoms with van der Waals surface area (Å²) in [5.41, 5.74) is 3.15. The van der Waals surface area contributed by atoms with Crippen LogP contribution in [0.25, 0.3) is 10.9 Å². The third-order valence-corrected chi connectivity index (χ3v) is 3.32. The first-order chi connectivity index (χ1) is 8.07. The van der Waals surface area contributed by atoms with E-state index in [9.17, 15) is 4.79 Å². The summed E-state index contributed by atoms with van der Waals surface area (Å²) < 4.78 is 2.21. The zero-order valence-corrected chi connectivity index (χ0v) is 10.9. The van der Waals surface area contributed by atoms with E-state index in [0.29, 0.717) is 0 Å². The van der Waals surface area contributed by atoms with E-state index in [-0.39, 0.29) is 11.7 Å². The molecular formula is C15H19NO. The molecule has 0 unspecified atom stereocenters. The van der Waals surface area contributed by atoms with Gasteiger partial charge in [-0.25, -0.2) is 0 Å². The van der Waals surface area contributed by atoms with Gasteiger partial charge in [-0.15, -0.1) is 0 Å². The van der Waals surface area contributed by atoms with E-state index in [4.69, 9.17) is 0 Å². The monoisotopic (exact) mass is 229 g/mol. The van der Waals surface area contributed by atoms with Crippen LogP contribution in [0.2, 0.25) is 0 Å². The number of hydrogen-bond donors (Lipinski definition) is 0. The maximum atomic E-state index is 12.3. The topological polar surface area (TPSA) is 22.0 Å². The molecule has 2 nitrogen and oxygen atoms in total. The Morgan fingerprint density at radius 3 is 2.53 bits per heavy atom. The number of fused-ring (bicyclic) bond motifs is 1. The number of nitrogens with zero attached hydrogens (tertiary/aromatic N) is 1. The Hall–Kier alpha value is -1.57. The lowest BCUT2D eigenvalue weighted by atomic mass is 9.98. The number of aromatic nitrogens is 1. The molecule has 0 aliphatic carbocycles. The fourth-order valence-corrected chi connectivity index (χ4v) is 2.44.